The van der Waals surface area contributed by atoms with E-state index < -0.39 is 11.9 Å². The fourth-order valence-electron chi connectivity index (χ4n) is 3.31. The summed E-state index contributed by atoms with van der Waals surface area (Å²) in [6.45, 7) is 12.0. The number of anilines is 1. The first-order valence-corrected chi connectivity index (χ1v) is 10.5. The van der Waals surface area contributed by atoms with Crippen molar-refractivity contribution in [1.82, 2.24) is 14.9 Å². The molecule has 0 aromatic carbocycles. The highest BCUT2D eigenvalue weighted by molar-refractivity contribution is 7.18. The lowest BCUT2D eigenvalue weighted by Gasteiger charge is -2.29. The van der Waals surface area contributed by atoms with E-state index in [9.17, 15) is 0 Å². The maximum atomic E-state index is 9.10. The predicted molar refractivity (Wildman–Crippen MR) is 111 cm³/mol. The van der Waals surface area contributed by atoms with E-state index in [1.165, 1.54) is 15.8 Å². The number of nitrogens with zero attached hydrogens (tertiary/aromatic N) is 4. The fraction of sp³-hybridized carbons (Fsp3) is 0.579. The summed E-state index contributed by atoms with van der Waals surface area (Å²) in [4.78, 5) is 35.2. The second kappa shape index (κ2) is 10.1. The Hall–Kier alpha value is -2.34. The van der Waals surface area contributed by atoms with Gasteiger partial charge in [-0.1, -0.05) is 0 Å². The maximum absolute atomic E-state index is 9.10. The van der Waals surface area contributed by atoms with Crippen LogP contribution in [0.3, 0.4) is 0 Å². The largest absolute Gasteiger partial charge is 0.473 e. The molecule has 4 rings (SSSR count). The second-order valence-corrected chi connectivity index (χ2v) is 8.23. The molecule has 0 bridgehead atoms. The SMILES string of the molecule is Cc1sc2nc(CN3CCOCC3)nc(N3CCOCC3)c2c1C.O=C(O)C(=O)O. The smallest absolute Gasteiger partial charge is 0.414 e. The Morgan fingerprint density at radius 3 is 2.10 bits per heavy atom. The van der Waals surface area contributed by atoms with Crippen LogP contribution in [0.15, 0.2) is 0 Å². The Morgan fingerprint density at radius 1 is 0.967 bits per heavy atom. The van der Waals surface area contributed by atoms with E-state index in [1.54, 1.807) is 11.3 Å². The minimum atomic E-state index is -1.82. The third kappa shape index (κ3) is 5.42. The van der Waals surface area contributed by atoms with Crippen LogP contribution in [-0.4, -0.2) is 89.6 Å². The lowest BCUT2D eigenvalue weighted by molar-refractivity contribution is -0.159. The molecule has 0 aliphatic carbocycles. The molecule has 0 amide bonds. The monoisotopic (exact) mass is 438 g/mol. The van der Waals surface area contributed by atoms with Crippen LogP contribution >= 0.6 is 11.3 Å². The lowest BCUT2D eigenvalue weighted by atomic mass is 10.2. The van der Waals surface area contributed by atoms with Crippen molar-refractivity contribution in [2.45, 2.75) is 20.4 Å². The fourth-order valence-corrected chi connectivity index (χ4v) is 4.35. The van der Waals surface area contributed by atoms with Gasteiger partial charge in [0.15, 0.2) is 0 Å². The summed E-state index contributed by atoms with van der Waals surface area (Å²) in [5, 5.41) is 16.0. The van der Waals surface area contributed by atoms with Gasteiger partial charge in [0, 0.05) is 31.1 Å². The summed E-state index contributed by atoms with van der Waals surface area (Å²) in [5.41, 5.74) is 1.31. The number of hydrogen-bond donors (Lipinski definition) is 2. The topological polar surface area (TPSA) is 125 Å². The molecule has 0 spiro atoms. The molecule has 0 radical (unpaired) electrons. The number of carboxylic acid groups (broad SMARTS) is 2. The van der Waals surface area contributed by atoms with Gasteiger partial charge < -0.3 is 24.6 Å². The Kier molecular flexibility index (Phi) is 7.53. The summed E-state index contributed by atoms with van der Waals surface area (Å²) in [7, 11) is 0. The Bertz CT molecular complexity index is 894. The zero-order valence-corrected chi connectivity index (χ0v) is 17.9. The summed E-state index contributed by atoms with van der Waals surface area (Å²) in [5.74, 6) is -1.63. The first-order chi connectivity index (χ1) is 14.4. The van der Waals surface area contributed by atoms with E-state index in [1.807, 2.05) is 0 Å². The number of rotatable bonds is 3. The van der Waals surface area contributed by atoms with Crippen LogP contribution in [0.25, 0.3) is 10.2 Å². The molecule has 0 unspecified atom stereocenters. The molecule has 30 heavy (non-hydrogen) atoms. The molecule has 2 fully saturated rings. The van der Waals surface area contributed by atoms with E-state index >= 15 is 0 Å². The molecular weight excluding hydrogens is 412 g/mol. The Morgan fingerprint density at radius 2 is 1.53 bits per heavy atom. The predicted octanol–water partition coefficient (Wildman–Crippen LogP) is 1.13. The molecule has 10 nitrogen and oxygen atoms in total. The van der Waals surface area contributed by atoms with Crippen molar-refractivity contribution in [2.75, 3.05) is 57.5 Å². The van der Waals surface area contributed by atoms with Gasteiger partial charge in [0.1, 0.15) is 16.5 Å². The van der Waals surface area contributed by atoms with Gasteiger partial charge in [-0.05, 0) is 19.4 Å². The zero-order chi connectivity index (χ0) is 21.7. The van der Waals surface area contributed by atoms with E-state index in [-0.39, 0.29) is 0 Å². The molecule has 2 aliphatic rings. The molecule has 164 valence electrons. The number of carbonyl (C=O) groups is 2. The number of carboxylic acids is 2. The van der Waals surface area contributed by atoms with Gasteiger partial charge >= 0.3 is 11.9 Å². The molecule has 0 saturated carbocycles. The normalized spacial score (nSPS) is 17.5. The van der Waals surface area contributed by atoms with E-state index in [4.69, 9.17) is 39.2 Å². The van der Waals surface area contributed by atoms with Gasteiger partial charge in [-0.3, -0.25) is 4.90 Å². The molecule has 2 aromatic heterocycles. The van der Waals surface area contributed by atoms with Crippen LogP contribution in [0.1, 0.15) is 16.3 Å². The third-order valence-electron chi connectivity index (χ3n) is 5.02. The molecule has 2 saturated heterocycles. The number of hydrogen-bond acceptors (Lipinski definition) is 9. The van der Waals surface area contributed by atoms with E-state index in [2.05, 4.69) is 23.6 Å². The van der Waals surface area contributed by atoms with Crippen LogP contribution in [0, 0.1) is 13.8 Å². The van der Waals surface area contributed by atoms with Crippen molar-refractivity contribution >= 4 is 39.3 Å². The van der Waals surface area contributed by atoms with Crippen molar-refractivity contribution in [3.8, 4) is 0 Å². The van der Waals surface area contributed by atoms with Crippen molar-refractivity contribution in [1.29, 1.82) is 0 Å². The van der Waals surface area contributed by atoms with Gasteiger partial charge in [0.25, 0.3) is 0 Å². The zero-order valence-electron chi connectivity index (χ0n) is 17.1. The van der Waals surface area contributed by atoms with Gasteiger partial charge in [-0.25, -0.2) is 19.6 Å². The summed E-state index contributed by atoms with van der Waals surface area (Å²) >= 11 is 1.78. The van der Waals surface area contributed by atoms with Crippen LogP contribution in [0.4, 0.5) is 5.82 Å². The molecule has 0 atom stereocenters. The van der Waals surface area contributed by atoms with Gasteiger partial charge in [-0.2, -0.15) is 0 Å². The Labute approximate surface area is 178 Å². The highest BCUT2D eigenvalue weighted by atomic mass is 32.1. The molecule has 2 aliphatic heterocycles. The molecular formula is C19H26N4O6S. The summed E-state index contributed by atoms with van der Waals surface area (Å²) in [6, 6.07) is 0. The number of aryl methyl sites for hydroxylation is 2. The number of thiophene rings is 1. The quantitative estimate of drug-likeness (QED) is 0.674. The minimum absolute atomic E-state index is 0.770. The minimum Gasteiger partial charge on any atom is -0.473 e. The number of fused-ring (bicyclic) bond motifs is 1. The highest BCUT2D eigenvalue weighted by Gasteiger charge is 2.22. The molecule has 11 heteroatoms. The van der Waals surface area contributed by atoms with Gasteiger partial charge in [0.05, 0.1) is 38.4 Å². The van der Waals surface area contributed by atoms with Crippen LogP contribution < -0.4 is 4.90 Å². The van der Waals surface area contributed by atoms with E-state index in [0.29, 0.717) is 0 Å². The Balaban J connectivity index is 0.000000377. The standard InChI is InChI=1S/C17H24N4O2S.C2H2O4/c1-12-13(2)24-17-15(12)16(21-5-9-23-10-6-21)18-14(19-17)11-20-3-7-22-8-4-20;3-1(4)2(5)6/h3-11H2,1-2H3;(H,3,4)(H,5,6). The van der Waals surface area contributed by atoms with Crippen LogP contribution in [0.2, 0.25) is 0 Å². The summed E-state index contributed by atoms with van der Waals surface area (Å²) < 4.78 is 11.0. The highest BCUT2D eigenvalue weighted by Crippen LogP contribution is 2.35. The van der Waals surface area contributed by atoms with E-state index in [0.717, 1.165) is 75.6 Å². The molecule has 4 heterocycles. The number of aromatic nitrogens is 2. The average molecular weight is 439 g/mol. The van der Waals surface area contributed by atoms with Crippen LogP contribution in [0.5, 0.6) is 0 Å². The maximum Gasteiger partial charge on any atom is 0.414 e. The van der Waals surface area contributed by atoms with Crippen molar-refractivity contribution < 1.29 is 29.3 Å². The van der Waals surface area contributed by atoms with Gasteiger partial charge in [0.2, 0.25) is 0 Å². The van der Waals surface area contributed by atoms with Crippen molar-refractivity contribution in [3.05, 3.63) is 16.3 Å². The summed E-state index contributed by atoms with van der Waals surface area (Å²) in [6.07, 6.45) is 0. The molecule has 2 N–H and O–H groups in total. The number of ether oxygens (including phenoxy) is 2. The average Bonchev–Trinajstić information content (AvgIpc) is 3.03. The second-order valence-electron chi connectivity index (χ2n) is 7.03. The lowest BCUT2D eigenvalue weighted by Crippen LogP contribution is -2.38. The van der Waals surface area contributed by atoms with Crippen molar-refractivity contribution in [2.24, 2.45) is 0 Å². The van der Waals surface area contributed by atoms with Crippen LogP contribution in [-0.2, 0) is 25.6 Å². The van der Waals surface area contributed by atoms with Crippen molar-refractivity contribution in [3.63, 3.8) is 0 Å². The number of morpholine rings is 2. The van der Waals surface area contributed by atoms with Gasteiger partial charge in [-0.15, -0.1) is 11.3 Å². The number of aliphatic carboxylic acids is 2. The first kappa shape index (κ1) is 22.3. The third-order valence-corrected chi connectivity index (χ3v) is 6.12. The first-order valence-electron chi connectivity index (χ1n) is 9.72. The molecule has 2 aromatic rings.